The molecule has 2 aliphatic rings. The highest BCUT2D eigenvalue weighted by Gasteiger charge is 2.55. The first-order valence-corrected chi connectivity index (χ1v) is 9.70. The van der Waals surface area contributed by atoms with Crippen molar-refractivity contribution in [3.05, 3.63) is 47.5 Å². The summed E-state index contributed by atoms with van der Waals surface area (Å²) >= 11 is 0. The first-order chi connectivity index (χ1) is 15.6. The average Bonchev–Trinajstić information content (AvgIpc) is 3.31. The van der Waals surface area contributed by atoms with E-state index in [1.54, 1.807) is 30.3 Å². The molecule has 1 aromatic heterocycles. The lowest BCUT2D eigenvalue weighted by Crippen LogP contribution is -2.55. The van der Waals surface area contributed by atoms with Gasteiger partial charge in [-0.2, -0.15) is 18.2 Å². The van der Waals surface area contributed by atoms with Crippen molar-refractivity contribution < 1.29 is 36.9 Å². The second kappa shape index (κ2) is 8.15. The van der Waals surface area contributed by atoms with Crippen molar-refractivity contribution in [2.75, 3.05) is 7.05 Å². The second-order valence-electron chi connectivity index (χ2n) is 7.40. The number of hydrogen-bond acceptors (Lipinski definition) is 8. The van der Waals surface area contributed by atoms with Crippen LogP contribution in [-0.2, 0) is 25.7 Å². The van der Waals surface area contributed by atoms with Crippen LogP contribution in [-0.4, -0.2) is 62.8 Å². The Morgan fingerprint density at radius 1 is 1.15 bits per heavy atom. The molecule has 172 valence electrons. The number of nitrogens with one attached hydrogen (secondary N) is 1. The average molecular weight is 463 g/mol. The molecule has 10 nitrogen and oxygen atoms in total. The van der Waals surface area contributed by atoms with Crippen LogP contribution in [0, 0.1) is 0 Å². The quantitative estimate of drug-likeness (QED) is 0.655. The molecule has 1 N–H and O–H groups in total. The normalized spacial score (nSPS) is 19.4. The number of piperidine rings is 1. The number of likely N-dealkylation sites (N-methyl/N-ethyl adjacent to an activating group) is 1. The first kappa shape index (κ1) is 22.2. The standard InChI is InChI=1S/C20H16F3N5O5/c1-27(9-13-25-16(26-33-13)10-5-3-2-4-6-10)15-14(20(21,22)23)18(31)28(19(15)32)11-7-8-12(29)24-17(11)30/h2-6,11H,7-9H2,1H3,(H,24,29,30). The Hall–Kier alpha value is -4.03. The SMILES string of the molecule is CN(Cc1nc(-c2ccccc2)no1)C1=C(C(F)(F)F)C(=O)N(C2CCC(=O)NC2=O)C1=O. The fourth-order valence-electron chi connectivity index (χ4n) is 3.66. The molecule has 1 unspecified atom stereocenters. The molecule has 4 amide bonds. The molecular formula is C20H16F3N5O5. The molecule has 0 radical (unpaired) electrons. The highest BCUT2D eigenvalue weighted by molar-refractivity contribution is 6.21. The minimum atomic E-state index is -5.17. The van der Waals surface area contributed by atoms with Gasteiger partial charge in [-0.15, -0.1) is 0 Å². The van der Waals surface area contributed by atoms with Crippen molar-refractivity contribution >= 4 is 23.6 Å². The highest BCUT2D eigenvalue weighted by Crippen LogP contribution is 2.38. The van der Waals surface area contributed by atoms with E-state index in [2.05, 4.69) is 10.1 Å². The third kappa shape index (κ3) is 4.08. The molecular weight excluding hydrogens is 447 g/mol. The third-order valence-electron chi connectivity index (χ3n) is 5.15. The van der Waals surface area contributed by atoms with Crippen molar-refractivity contribution in [3.8, 4) is 11.4 Å². The van der Waals surface area contributed by atoms with Crippen LogP contribution in [0.5, 0.6) is 0 Å². The van der Waals surface area contributed by atoms with Crippen LogP contribution in [0.25, 0.3) is 11.4 Å². The van der Waals surface area contributed by atoms with E-state index in [1.165, 1.54) is 0 Å². The van der Waals surface area contributed by atoms with Crippen molar-refractivity contribution in [1.29, 1.82) is 0 Å². The Balaban J connectivity index is 1.62. The van der Waals surface area contributed by atoms with Crippen LogP contribution in [0.1, 0.15) is 18.7 Å². The van der Waals surface area contributed by atoms with Gasteiger partial charge in [-0.1, -0.05) is 35.5 Å². The first-order valence-electron chi connectivity index (χ1n) is 9.70. The fraction of sp³-hybridized carbons (Fsp3) is 0.300. The molecule has 0 aliphatic carbocycles. The number of hydrogen-bond donors (Lipinski definition) is 1. The van der Waals surface area contributed by atoms with Crippen LogP contribution in [0.4, 0.5) is 13.2 Å². The van der Waals surface area contributed by atoms with Gasteiger partial charge in [-0.05, 0) is 6.42 Å². The van der Waals surface area contributed by atoms with Crippen molar-refractivity contribution in [2.45, 2.75) is 31.6 Å². The third-order valence-corrected chi connectivity index (χ3v) is 5.15. The molecule has 1 atom stereocenters. The summed E-state index contributed by atoms with van der Waals surface area (Å²) in [6.07, 6.45) is -5.66. The van der Waals surface area contributed by atoms with Crippen LogP contribution in [0.15, 0.2) is 46.1 Å². The summed E-state index contributed by atoms with van der Waals surface area (Å²) in [5, 5.41) is 5.71. The van der Waals surface area contributed by atoms with E-state index in [9.17, 15) is 32.3 Å². The lowest BCUT2D eigenvalue weighted by Gasteiger charge is -2.29. The Morgan fingerprint density at radius 2 is 1.85 bits per heavy atom. The Morgan fingerprint density at radius 3 is 2.48 bits per heavy atom. The van der Waals surface area contributed by atoms with E-state index in [1.807, 2.05) is 5.32 Å². The molecule has 2 aromatic rings. The van der Waals surface area contributed by atoms with Gasteiger partial charge in [0, 0.05) is 19.0 Å². The van der Waals surface area contributed by atoms with E-state index < -0.39 is 53.7 Å². The van der Waals surface area contributed by atoms with Gasteiger partial charge in [0.05, 0.1) is 6.54 Å². The zero-order valence-corrected chi connectivity index (χ0v) is 17.0. The van der Waals surface area contributed by atoms with Gasteiger partial charge >= 0.3 is 6.18 Å². The number of imide groups is 2. The molecule has 13 heteroatoms. The molecule has 4 rings (SSSR count). The minimum absolute atomic E-state index is 0.0925. The molecule has 0 bridgehead atoms. The summed E-state index contributed by atoms with van der Waals surface area (Å²) in [4.78, 5) is 54.3. The topological polar surface area (TPSA) is 126 Å². The maximum atomic E-state index is 13.8. The van der Waals surface area contributed by atoms with E-state index in [0.717, 1.165) is 11.9 Å². The highest BCUT2D eigenvalue weighted by atomic mass is 19.4. The minimum Gasteiger partial charge on any atom is -0.360 e. The number of halogens is 3. The molecule has 2 aliphatic heterocycles. The number of aromatic nitrogens is 2. The van der Waals surface area contributed by atoms with E-state index >= 15 is 0 Å². The van der Waals surface area contributed by atoms with Crippen LogP contribution < -0.4 is 5.32 Å². The van der Waals surface area contributed by atoms with Gasteiger partial charge in [0.1, 0.15) is 17.3 Å². The maximum Gasteiger partial charge on any atom is 0.423 e. The zero-order valence-electron chi connectivity index (χ0n) is 17.0. The van der Waals surface area contributed by atoms with Crippen molar-refractivity contribution in [3.63, 3.8) is 0 Å². The molecule has 0 saturated carbocycles. The Kier molecular flexibility index (Phi) is 5.47. The zero-order chi connectivity index (χ0) is 23.9. The predicted octanol–water partition coefficient (Wildman–Crippen LogP) is 1.16. The van der Waals surface area contributed by atoms with Crippen molar-refractivity contribution in [2.24, 2.45) is 0 Å². The van der Waals surface area contributed by atoms with E-state index in [-0.39, 0.29) is 29.5 Å². The molecule has 0 spiro atoms. The maximum absolute atomic E-state index is 13.8. The van der Waals surface area contributed by atoms with Crippen molar-refractivity contribution in [1.82, 2.24) is 25.3 Å². The van der Waals surface area contributed by atoms with Gasteiger partial charge in [-0.25, -0.2) is 0 Å². The van der Waals surface area contributed by atoms with Crippen LogP contribution >= 0.6 is 0 Å². The number of rotatable bonds is 5. The largest absolute Gasteiger partial charge is 0.423 e. The summed E-state index contributed by atoms with van der Waals surface area (Å²) in [6, 6.07) is 7.15. The summed E-state index contributed by atoms with van der Waals surface area (Å²) in [6.45, 7) is -0.406. The summed E-state index contributed by atoms with van der Waals surface area (Å²) in [5.41, 5.74) is -2.04. The molecule has 3 heterocycles. The number of amides is 4. The Bertz CT molecular complexity index is 1170. The predicted molar refractivity (Wildman–Crippen MR) is 102 cm³/mol. The lowest BCUT2D eigenvalue weighted by molar-refractivity contribution is -0.153. The fourth-order valence-corrected chi connectivity index (χ4v) is 3.66. The van der Waals surface area contributed by atoms with E-state index in [4.69, 9.17) is 4.52 Å². The molecule has 1 fully saturated rings. The number of nitrogens with zero attached hydrogens (tertiary/aromatic N) is 4. The smallest absolute Gasteiger partial charge is 0.360 e. The van der Waals surface area contributed by atoms with Crippen LogP contribution in [0.3, 0.4) is 0 Å². The number of benzene rings is 1. The summed E-state index contributed by atoms with van der Waals surface area (Å²) in [5.74, 6) is -4.50. The van der Waals surface area contributed by atoms with Gasteiger partial charge in [-0.3, -0.25) is 29.4 Å². The lowest BCUT2D eigenvalue weighted by atomic mass is 10.0. The van der Waals surface area contributed by atoms with E-state index in [0.29, 0.717) is 5.56 Å². The van der Waals surface area contributed by atoms with Crippen LogP contribution in [0.2, 0.25) is 0 Å². The molecule has 33 heavy (non-hydrogen) atoms. The summed E-state index contributed by atoms with van der Waals surface area (Å²) in [7, 11) is 1.16. The van der Waals surface area contributed by atoms with Gasteiger partial charge in [0.25, 0.3) is 11.8 Å². The second-order valence-corrected chi connectivity index (χ2v) is 7.40. The molecule has 1 aromatic carbocycles. The van der Waals surface area contributed by atoms with Gasteiger partial charge in [0.15, 0.2) is 0 Å². The number of carbonyl (C=O) groups excluding carboxylic acids is 4. The summed E-state index contributed by atoms with van der Waals surface area (Å²) < 4.78 is 46.4. The van der Waals surface area contributed by atoms with Gasteiger partial charge in [0.2, 0.25) is 23.5 Å². The monoisotopic (exact) mass is 463 g/mol. The number of alkyl halides is 3. The molecule has 1 saturated heterocycles. The van der Waals surface area contributed by atoms with Gasteiger partial charge < -0.3 is 9.42 Å². The Labute approximate surface area is 184 Å². The number of carbonyl (C=O) groups is 4.